The van der Waals surface area contributed by atoms with E-state index in [1.807, 2.05) is 18.9 Å². The average Bonchev–Trinajstić information content (AvgIpc) is 2.52. The highest BCUT2D eigenvalue weighted by Gasteiger charge is 2.10. The van der Waals surface area contributed by atoms with Gasteiger partial charge in [0.05, 0.1) is 6.54 Å². The molecule has 1 aromatic heterocycles. The molecule has 0 radical (unpaired) electrons. The fourth-order valence-corrected chi connectivity index (χ4v) is 1.57. The lowest BCUT2D eigenvalue weighted by Crippen LogP contribution is -2.34. The van der Waals surface area contributed by atoms with Crippen LogP contribution in [0.15, 0.2) is 0 Å². The molecule has 3 N–H and O–H groups in total. The molecule has 0 saturated carbocycles. The Morgan fingerprint density at radius 1 is 1.67 bits per heavy atom. The standard InChI is InChI=1S/C8H15N5OS/c1-3-10-7(14)5-13(2)4-6-8(9)15-12-11-6/h3-5,9H2,1-2H3,(H,10,14). The van der Waals surface area contributed by atoms with Crippen molar-refractivity contribution >= 4 is 22.4 Å². The molecule has 0 fully saturated rings. The second-order valence-corrected chi connectivity index (χ2v) is 4.00. The van der Waals surface area contributed by atoms with Gasteiger partial charge in [0.15, 0.2) is 0 Å². The molecule has 1 rings (SSSR count). The fourth-order valence-electron chi connectivity index (χ4n) is 1.13. The number of hydrogen-bond donors (Lipinski definition) is 2. The van der Waals surface area contributed by atoms with Crippen molar-refractivity contribution < 1.29 is 4.79 Å². The highest BCUT2D eigenvalue weighted by molar-refractivity contribution is 7.09. The molecule has 1 amide bonds. The first-order valence-electron chi connectivity index (χ1n) is 4.65. The van der Waals surface area contributed by atoms with Crippen molar-refractivity contribution in [1.82, 2.24) is 19.8 Å². The van der Waals surface area contributed by atoms with Gasteiger partial charge in [-0.05, 0) is 14.0 Å². The summed E-state index contributed by atoms with van der Waals surface area (Å²) in [7, 11) is 1.84. The number of nitrogens with zero attached hydrogens (tertiary/aromatic N) is 3. The van der Waals surface area contributed by atoms with Crippen LogP contribution in [0.5, 0.6) is 0 Å². The van der Waals surface area contributed by atoms with E-state index in [1.165, 1.54) is 0 Å². The Bertz CT molecular complexity index is 327. The first-order chi connectivity index (χ1) is 7.13. The molecule has 7 heteroatoms. The van der Waals surface area contributed by atoms with E-state index in [4.69, 9.17) is 5.73 Å². The molecular weight excluding hydrogens is 214 g/mol. The van der Waals surface area contributed by atoms with Crippen molar-refractivity contribution in [3.05, 3.63) is 5.69 Å². The van der Waals surface area contributed by atoms with E-state index in [9.17, 15) is 4.79 Å². The SMILES string of the molecule is CCNC(=O)CN(C)Cc1nnsc1N. The summed E-state index contributed by atoms with van der Waals surface area (Å²) in [4.78, 5) is 13.1. The molecule has 1 aromatic rings. The van der Waals surface area contributed by atoms with Crippen molar-refractivity contribution in [3.8, 4) is 0 Å². The maximum Gasteiger partial charge on any atom is 0.234 e. The molecule has 84 valence electrons. The molecule has 0 aromatic carbocycles. The second kappa shape index (κ2) is 5.62. The molecule has 0 unspecified atom stereocenters. The van der Waals surface area contributed by atoms with E-state index >= 15 is 0 Å². The zero-order chi connectivity index (χ0) is 11.3. The third-order valence-electron chi connectivity index (χ3n) is 1.79. The van der Waals surface area contributed by atoms with E-state index in [0.29, 0.717) is 24.6 Å². The zero-order valence-corrected chi connectivity index (χ0v) is 9.67. The summed E-state index contributed by atoms with van der Waals surface area (Å²) in [6.45, 7) is 3.41. The van der Waals surface area contributed by atoms with Gasteiger partial charge in [0.1, 0.15) is 10.7 Å². The lowest BCUT2D eigenvalue weighted by molar-refractivity contribution is -0.121. The van der Waals surface area contributed by atoms with Crippen LogP contribution in [-0.2, 0) is 11.3 Å². The van der Waals surface area contributed by atoms with Crippen LogP contribution in [0.25, 0.3) is 0 Å². The highest BCUT2D eigenvalue weighted by atomic mass is 32.1. The highest BCUT2D eigenvalue weighted by Crippen LogP contribution is 2.13. The maximum atomic E-state index is 11.2. The first kappa shape index (κ1) is 11.9. The predicted octanol–water partition coefficient (Wildman–Crippen LogP) is -0.312. The predicted molar refractivity (Wildman–Crippen MR) is 59.3 cm³/mol. The minimum absolute atomic E-state index is 0.00163. The van der Waals surface area contributed by atoms with Crippen molar-refractivity contribution in [2.45, 2.75) is 13.5 Å². The molecular formula is C8H15N5OS. The van der Waals surface area contributed by atoms with Crippen molar-refractivity contribution in [1.29, 1.82) is 0 Å². The minimum atomic E-state index is 0.00163. The molecule has 6 nitrogen and oxygen atoms in total. The summed E-state index contributed by atoms with van der Waals surface area (Å²) >= 11 is 1.16. The van der Waals surface area contributed by atoms with E-state index in [0.717, 1.165) is 17.2 Å². The van der Waals surface area contributed by atoms with Crippen LogP contribution in [0.3, 0.4) is 0 Å². The Kier molecular flexibility index (Phi) is 4.44. The van der Waals surface area contributed by atoms with Gasteiger partial charge in [0.25, 0.3) is 0 Å². The van der Waals surface area contributed by atoms with Gasteiger partial charge in [0.2, 0.25) is 5.91 Å². The summed E-state index contributed by atoms with van der Waals surface area (Å²) in [5, 5.41) is 7.21. The lowest BCUT2D eigenvalue weighted by Gasteiger charge is -2.14. The molecule has 0 bridgehead atoms. The van der Waals surface area contributed by atoms with Crippen molar-refractivity contribution in [2.75, 3.05) is 25.9 Å². The number of anilines is 1. The second-order valence-electron chi connectivity index (χ2n) is 3.21. The largest absolute Gasteiger partial charge is 0.388 e. The third-order valence-corrected chi connectivity index (χ3v) is 2.39. The number of carbonyl (C=O) groups is 1. The quantitative estimate of drug-likeness (QED) is 0.723. The number of aromatic nitrogens is 2. The number of nitrogens with one attached hydrogen (secondary N) is 1. The van der Waals surface area contributed by atoms with Crippen LogP contribution in [-0.4, -0.2) is 40.5 Å². The van der Waals surface area contributed by atoms with Gasteiger partial charge in [-0.25, -0.2) is 0 Å². The van der Waals surface area contributed by atoms with E-state index < -0.39 is 0 Å². The zero-order valence-electron chi connectivity index (χ0n) is 8.86. The van der Waals surface area contributed by atoms with E-state index in [-0.39, 0.29) is 5.91 Å². The summed E-state index contributed by atoms with van der Waals surface area (Å²) in [6.07, 6.45) is 0. The molecule has 0 aliphatic heterocycles. The van der Waals surface area contributed by atoms with Crippen LogP contribution in [0, 0.1) is 0 Å². The number of rotatable bonds is 5. The maximum absolute atomic E-state index is 11.2. The van der Waals surface area contributed by atoms with Gasteiger partial charge in [-0.15, -0.1) is 5.10 Å². The summed E-state index contributed by atoms with van der Waals surface area (Å²) in [5.41, 5.74) is 6.37. The van der Waals surface area contributed by atoms with Crippen molar-refractivity contribution in [3.63, 3.8) is 0 Å². The number of likely N-dealkylation sites (N-methyl/N-ethyl adjacent to an activating group) is 2. The van der Waals surface area contributed by atoms with Crippen molar-refractivity contribution in [2.24, 2.45) is 0 Å². The average molecular weight is 229 g/mol. The summed E-state index contributed by atoms with van der Waals surface area (Å²) in [5.74, 6) is 0.00163. The normalized spacial score (nSPS) is 10.6. The smallest absolute Gasteiger partial charge is 0.234 e. The van der Waals surface area contributed by atoms with E-state index in [2.05, 4.69) is 14.9 Å². The Labute approximate surface area is 92.6 Å². The third kappa shape index (κ3) is 3.80. The molecule has 0 spiro atoms. The number of nitrogens with two attached hydrogens (primary N) is 1. The van der Waals surface area contributed by atoms with Gasteiger partial charge >= 0.3 is 0 Å². The number of nitrogen functional groups attached to an aromatic ring is 1. The van der Waals surface area contributed by atoms with Crippen LogP contribution in [0.2, 0.25) is 0 Å². The Morgan fingerprint density at radius 2 is 2.40 bits per heavy atom. The van der Waals surface area contributed by atoms with E-state index in [1.54, 1.807) is 0 Å². The van der Waals surface area contributed by atoms with Crippen LogP contribution in [0.4, 0.5) is 5.00 Å². The van der Waals surface area contributed by atoms with Gasteiger partial charge in [0, 0.05) is 24.6 Å². The lowest BCUT2D eigenvalue weighted by atomic mass is 10.4. The summed E-state index contributed by atoms with van der Waals surface area (Å²) < 4.78 is 3.73. The Hall–Kier alpha value is -1.21. The first-order valence-corrected chi connectivity index (χ1v) is 5.42. The molecule has 1 heterocycles. The topological polar surface area (TPSA) is 84.1 Å². The Balaban J connectivity index is 2.39. The van der Waals surface area contributed by atoms with Gasteiger partial charge < -0.3 is 11.1 Å². The monoisotopic (exact) mass is 229 g/mol. The van der Waals surface area contributed by atoms with Gasteiger partial charge in [-0.2, -0.15) is 0 Å². The molecule has 0 aliphatic rings. The number of amides is 1. The molecule has 0 saturated heterocycles. The van der Waals surface area contributed by atoms with Gasteiger partial charge in [-0.1, -0.05) is 4.49 Å². The Morgan fingerprint density at radius 3 is 2.93 bits per heavy atom. The molecule has 0 aliphatic carbocycles. The van der Waals surface area contributed by atoms with Crippen LogP contribution < -0.4 is 11.1 Å². The molecule has 15 heavy (non-hydrogen) atoms. The van der Waals surface area contributed by atoms with Gasteiger partial charge in [-0.3, -0.25) is 9.69 Å². The number of hydrogen-bond acceptors (Lipinski definition) is 6. The summed E-state index contributed by atoms with van der Waals surface area (Å²) in [6, 6.07) is 0. The van der Waals surface area contributed by atoms with Crippen LogP contribution in [0.1, 0.15) is 12.6 Å². The fraction of sp³-hybridized carbons (Fsp3) is 0.625. The van der Waals surface area contributed by atoms with Crippen LogP contribution >= 0.6 is 11.5 Å². The number of carbonyl (C=O) groups excluding carboxylic acids is 1. The molecule has 0 atom stereocenters. The minimum Gasteiger partial charge on any atom is -0.388 e.